The zero-order valence-corrected chi connectivity index (χ0v) is 19.9. The van der Waals surface area contributed by atoms with Crippen LogP contribution < -0.4 is 20.3 Å². The molecule has 178 valence electrons. The SMILES string of the molecule is CC(C)NC(=O)CN1CCN(C(=O)c2ccc(N3CCNCC3)c(NS(C)(=O)=O)c2)CC1. The van der Waals surface area contributed by atoms with Gasteiger partial charge in [-0.1, -0.05) is 0 Å². The third-order valence-corrected chi connectivity index (χ3v) is 6.06. The number of carbonyl (C=O) groups is 2. The molecule has 0 atom stereocenters. The van der Waals surface area contributed by atoms with Crippen LogP contribution in [0.3, 0.4) is 0 Å². The van der Waals surface area contributed by atoms with Crippen molar-refractivity contribution in [3.8, 4) is 0 Å². The van der Waals surface area contributed by atoms with Gasteiger partial charge in [-0.2, -0.15) is 0 Å². The number of nitrogens with one attached hydrogen (secondary N) is 3. The van der Waals surface area contributed by atoms with Gasteiger partial charge in [-0.05, 0) is 32.0 Å². The number of benzene rings is 1. The third-order valence-electron chi connectivity index (χ3n) is 5.47. The van der Waals surface area contributed by atoms with Crippen molar-refractivity contribution in [1.29, 1.82) is 0 Å². The van der Waals surface area contributed by atoms with Crippen LogP contribution in [0.2, 0.25) is 0 Å². The van der Waals surface area contributed by atoms with Crippen molar-refractivity contribution < 1.29 is 18.0 Å². The molecule has 11 heteroatoms. The molecule has 0 saturated carbocycles. The molecule has 0 aromatic heterocycles. The van der Waals surface area contributed by atoms with Gasteiger partial charge in [0.25, 0.3) is 5.91 Å². The topological polar surface area (TPSA) is 114 Å². The molecule has 2 fully saturated rings. The van der Waals surface area contributed by atoms with Gasteiger partial charge in [-0.3, -0.25) is 19.2 Å². The van der Waals surface area contributed by atoms with Crippen molar-refractivity contribution in [1.82, 2.24) is 20.4 Å². The molecule has 0 aliphatic carbocycles. The first kappa shape index (κ1) is 24.3. The van der Waals surface area contributed by atoms with E-state index in [9.17, 15) is 18.0 Å². The molecule has 32 heavy (non-hydrogen) atoms. The number of carbonyl (C=O) groups excluding carboxylic acids is 2. The lowest BCUT2D eigenvalue weighted by Gasteiger charge is -2.35. The van der Waals surface area contributed by atoms with E-state index in [1.807, 2.05) is 24.8 Å². The highest BCUT2D eigenvalue weighted by Crippen LogP contribution is 2.29. The molecular formula is C21H34N6O4S. The van der Waals surface area contributed by atoms with Crippen molar-refractivity contribution in [2.45, 2.75) is 19.9 Å². The monoisotopic (exact) mass is 466 g/mol. The summed E-state index contributed by atoms with van der Waals surface area (Å²) in [6, 6.07) is 5.31. The second-order valence-corrected chi connectivity index (χ2v) is 10.4. The van der Waals surface area contributed by atoms with Gasteiger partial charge in [0.05, 0.1) is 24.2 Å². The number of hydrogen-bond acceptors (Lipinski definition) is 7. The largest absolute Gasteiger partial charge is 0.367 e. The summed E-state index contributed by atoms with van der Waals surface area (Å²) in [5.41, 5.74) is 1.64. The van der Waals surface area contributed by atoms with Crippen LogP contribution in [0.5, 0.6) is 0 Å². The Hall–Kier alpha value is -2.37. The number of rotatable bonds is 7. The van der Waals surface area contributed by atoms with Gasteiger partial charge >= 0.3 is 0 Å². The summed E-state index contributed by atoms with van der Waals surface area (Å²) in [6.07, 6.45) is 1.11. The number of anilines is 2. The van der Waals surface area contributed by atoms with Crippen molar-refractivity contribution >= 4 is 33.2 Å². The van der Waals surface area contributed by atoms with E-state index in [1.165, 1.54) is 0 Å². The molecular weight excluding hydrogens is 432 g/mol. The van der Waals surface area contributed by atoms with Crippen molar-refractivity contribution in [2.24, 2.45) is 0 Å². The van der Waals surface area contributed by atoms with E-state index in [2.05, 4.69) is 20.3 Å². The summed E-state index contributed by atoms with van der Waals surface area (Å²) in [4.78, 5) is 31.0. The summed E-state index contributed by atoms with van der Waals surface area (Å²) < 4.78 is 26.4. The minimum atomic E-state index is -3.50. The fourth-order valence-corrected chi connectivity index (χ4v) is 4.56. The first-order valence-electron chi connectivity index (χ1n) is 11.0. The van der Waals surface area contributed by atoms with Crippen molar-refractivity contribution in [3.63, 3.8) is 0 Å². The molecule has 2 amide bonds. The maximum atomic E-state index is 13.1. The minimum Gasteiger partial charge on any atom is -0.367 e. The maximum absolute atomic E-state index is 13.1. The Morgan fingerprint density at radius 1 is 1.06 bits per heavy atom. The summed E-state index contributed by atoms with van der Waals surface area (Å²) in [7, 11) is -3.50. The molecule has 1 aromatic rings. The number of sulfonamides is 1. The highest BCUT2D eigenvalue weighted by atomic mass is 32.2. The minimum absolute atomic E-state index is 0.0141. The van der Waals surface area contributed by atoms with Gasteiger partial charge in [0.2, 0.25) is 15.9 Å². The maximum Gasteiger partial charge on any atom is 0.254 e. The fraction of sp³-hybridized carbons (Fsp3) is 0.619. The highest BCUT2D eigenvalue weighted by Gasteiger charge is 2.25. The van der Waals surface area contributed by atoms with Gasteiger partial charge in [0.1, 0.15) is 0 Å². The molecule has 0 spiro atoms. The first-order chi connectivity index (χ1) is 15.1. The summed E-state index contributed by atoms with van der Waals surface area (Å²) >= 11 is 0. The van der Waals surface area contributed by atoms with Crippen LogP contribution in [-0.2, 0) is 14.8 Å². The first-order valence-corrected chi connectivity index (χ1v) is 12.9. The molecule has 0 bridgehead atoms. The Labute approximate surface area is 190 Å². The average molecular weight is 467 g/mol. The van der Waals surface area contributed by atoms with Crippen LogP contribution in [0, 0.1) is 0 Å². The molecule has 3 rings (SSSR count). The fourth-order valence-electron chi connectivity index (χ4n) is 3.99. The van der Waals surface area contributed by atoms with Crippen LogP contribution in [-0.4, -0.2) is 101 Å². The van der Waals surface area contributed by atoms with Crippen LogP contribution in [0.15, 0.2) is 18.2 Å². The second-order valence-electron chi connectivity index (χ2n) is 8.63. The lowest BCUT2D eigenvalue weighted by molar-refractivity contribution is -0.123. The van der Waals surface area contributed by atoms with Crippen LogP contribution in [0.25, 0.3) is 0 Å². The standard InChI is InChI=1S/C21H34N6O4S/c1-16(2)23-20(28)15-25-10-12-27(13-11-25)21(29)17-4-5-19(26-8-6-22-7-9-26)18(14-17)24-32(3,30)31/h4-5,14,16,22,24H,6-13,15H2,1-3H3,(H,23,28). The van der Waals surface area contributed by atoms with E-state index in [-0.39, 0.29) is 17.9 Å². The van der Waals surface area contributed by atoms with E-state index < -0.39 is 10.0 Å². The van der Waals surface area contributed by atoms with Gasteiger partial charge in [-0.15, -0.1) is 0 Å². The Kier molecular flexibility index (Phi) is 7.96. The normalized spacial score (nSPS) is 18.0. The second kappa shape index (κ2) is 10.5. The van der Waals surface area contributed by atoms with Gasteiger partial charge in [0.15, 0.2) is 0 Å². The Bertz CT molecular complexity index is 922. The van der Waals surface area contributed by atoms with E-state index in [0.717, 1.165) is 38.1 Å². The van der Waals surface area contributed by atoms with Crippen LogP contribution >= 0.6 is 0 Å². The van der Waals surface area contributed by atoms with Crippen molar-refractivity contribution in [2.75, 3.05) is 74.8 Å². The van der Waals surface area contributed by atoms with Gasteiger partial charge in [0, 0.05) is 64.0 Å². The number of nitrogens with zero attached hydrogens (tertiary/aromatic N) is 3. The van der Waals surface area contributed by atoms with Crippen LogP contribution in [0.4, 0.5) is 11.4 Å². The highest BCUT2D eigenvalue weighted by molar-refractivity contribution is 7.92. The van der Waals surface area contributed by atoms with E-state index >= 15 is 0 Å². The average Bonchev–Trinajstić information content (AvgIpc) is 2.72. The smallest absolute Gasteiger partial charge is 0.254 e. The molecule has 10 nitrogen and oxygen atoms in total. The van der Waals surface area contributed by atoms with E-state index in [4.69, 9.17) is 0 Å². The van der Waals surface area contributed by atoms with Gasteiger partial charge in [-0.25, -0.2) is 8.42 Å². The summed E-state index contributed by atoms with van der Waals surface area (Å²) in [5, 5.41) is 6.16. The predicted molar refractivity (Wildman–Crippen MR) is 126 cm³/mol. The van der Waals surface area contributed by atoms with Crippen molar-refractivity contribution in [3.05, 3.63) is 23.8 Å². The molecule has 3 N–H and O–H groups in total. The quantitative estimate of drug-likeness (QED) is 0.508. The molecule has 2 aliphatic rings. The summed E-state index contributed by atoms with van der Waals surface area (Å²) in [5.74, 6) is -0.153. The molecule has 0 unspecified atom stereocenters. The van der Waals surface area contributed by atoms with Crippen LogP contribution in [0.1, 0.15) is 24.2 Å². The summed E-state index contributed by atoms with van der Waals surface area (Å²) in [6.45, 7) is 9.60. The van der Waals surface area contributed by atoms with Gasteiger partial charge < -0.3 is 20.4 Å². The zero-order chi connectivity index (χ0) is 23.3. The Morgan fingerprint density at radius 3 is 2.31 bits per heavy atom. The zero-order valence-electron chi connectivity index (χ0n) is 19.1. The molecule has 2 saturated heterocycles. The van der Waals surface area contributed by atoms with E-state index in [1.54, 1.807) is 17.0 Å². The molecule has 2 heterocycles. The molecule has 1 aromatic carbocycles. The molecule has 0 radical (unpaired) electrons. The predicted octanol–water partition coefficient (Wildman–Crippen LogP) is -0.250. The molecule has 2 aliphatic heterocycles. The third kappa shape index (κ3) is 6.81. The number of hydrogen-bond donors (Lipinski definition) is 3. The van der Waals surface area contributed by atoms with E-state index in [0.29, 0.717) is 44.0 Å². The lowest BCUT2D eigenvalue weighted by atomic mass is 10.1. The number of amides is 2. The lowest BCUT2D eigenvalue weighted by Crippen LogP contribution is -2.51. The number of piperazine rings is 2. The Morgan fingerprint density at radius 2 is 1.72 bits per heavy atom. The Balaban J connectivity index is 1.68.